The van der Waals surface area contributed by atoms with Gasteiger partial charge in [0.1, 0.15) is 6.26 Å². The summed E-state index contributed by atoms with van der Waals surface area (Å²) in [7, 11) is -3.58. The van der Waals surface area contributed by atoms with Crippen LogP contribution in [0.25, 0.3) is 0 Å². The predicted molar refractivity (Wildman–Crippen MR) is 122 cm³/mol. The minimum atomic E-state index is -3.58. The van der Waals surface area contributed by atoms with Crippen LogP contribution in [0.15, 0.2) is 58.2 Å². The van der Waals surface area contributed by atoms with Gasteiger partial charge in [-0.25, -0.2) is 8.42 Å². The second kappa shape index (κ2) is 10.4. The second-order valence-electron chi connectivity index (χ2n) is 8.28. The monoisotopic (exact) mass is 488 g/mol. The lowest BCUT2D eigenvalue weighted by atomic mass is 10.2. The minimum absolute atomic E-state index is 0.0818. The molecule has 34 heavy (non-hydrogen) atoms. The molecule has 2 aliphatic heterocycles. The molecular weight excluding hydrogens is 460 g/mol. The van der Waals surface area contributed by atoms with Gasteiger partial charge in [-0.05, 0) is 18.2 Å². The van der Waals surface area contributed by atoms with Gasteiger partial charge in [0.15, 0.2) is 0 Å². The van der Waals surface area contributed by atoms with Crippen molar-refractivity contribution in [1.82, 2.24) is 19.0 Å². The van der Waals surface area contributed by atoms with Gasteiger partial charge in [0.2, 0.25) is 21.8 Å². The van der Waals surface area contributed by atoms with Crippen molar-refractivity contribution in [3.63, 3.8) is 0 Å². The van der Waals surface area contributed by atoms with E-state index in [4.69, 9.17) is 4.42 Å². The van der Waals surface area contributed by atoms with E-state index in [2.05, 4.69) is 0 Å². The summed E-state index contributed by atoms with van der Waals surface area (Å²) in [4.78, 5) is 42.8. The molecule has 0 saturated carbocycles. The van der Waals surface area contributed by atoms with Crippen molar-refractivity contribution < 1.29 is 27.2 Å². The Morgan fingerprint density at radius 1 is 0.735 bits per heavy atom. The number of rotatable bonds is 6. The highest BCUT2D eigenvalue weighted by Gasteiger charge is 2.31. The van der Waals surface area contributed by atoms with E-state index in [0.717, 1.165) is 0 Å². The number of amides is 3. The van der Waals surface area contributed by atoms with Gasteiger partial charge in [-0.1, -0.05) is 18.2 Å². The van der Waals surface area contributed by atoms with E-state index in [1.807, 2.05) is 0 Å². The summed E-state index contributed by atoms with van der Waals surface area (Å²) in [5, 5.41) is 0. The Morgan fingerprint density at radius 3 is 1.79 bits per heavy atom. The molecule has 0 aliphatic carbocycles. The van der Waals surface area contributed by atoms with Gasteiger partial charge in [0.25, 0.3) is 5.91 Å². The van der Waals surface area contributed by atoms with Gasteiger partial charge in [-0.15, -0.1) is 0 Å². The number of furan rings is 1. The molecule has 0 radical (unpaired) electrons. The van der Waals surface area contributed by atoms with Crippen LogP contribution < -0.4 is 0 Å². The normalized spacial score (nSPS) is 17.6. The quantitative estimate of drug-likeness (QED) is 0.597. The van der Waals surface area contributed by atoms with Gasteiger partial charge < -0.3 is 19.1 Å². The summed E-state index contributed by atoms with van der Waals surface area (Å²) >= 11 is 0. The molecule has 182 valence electrons. The number of nitrogens with zero attached hydrogens (tertiary/aromatic N) is 4. The average Bonchev–Trinajstić information content (AvgIpc) is 3.42. The standard InChI is InChI=1S/C23H28N4O6S/c28-21(24-9-11-26(12-10-24)23(30)19-8-17-33-18-19)6-7-22(29)25-13-15-27(16-14-25)34(31,32)20-4-2-1-3-5-20/h1-5,8,17-18H,6-7,9-16H2. The van der Waals surface area contributed by atoms with Gasteiger partial charge in [0.05, 0.1) is 16.7 Å². The number of hydrogen-bond donors (Lipinski definition) is 0. The maximum Gasteiger partial charge on any atom is 0.257 e. The lowest BCUT2D eigenvalue weighted by Gasteiger charge is -2.35. The smallest absolute Gasteiger partial charge is 0.257 e. The first-order valence-corrected chi connectivity index (χ1v) is 12.7. The summed E-state index contributed by atoms with van der Waals surface area (Å²) in [6.07, 6.45) is 3.03. The van der Waals surface area contributed by atoms with Crippen molar-refractivity contribution in [3.05, 3.63) is 54.5 Å². The number of carbonyl (C=O) groups excluding carboxylic acids is 3. The van der Waals surface area contributed by atoms with Crippen LogP contribution in [0.4, 0.5) is 0 Å². The molecule has 1 aromatic heterocycles. The third-order valence-electron chi connectivity index (χ3n) is 6.21. The number of hydrogen-bond acceptors (Lipinski definition) is 6. The summed E-state index contributed by atoms with van der Waals surface area (Å²) in [6.45, 7) is 2.76. The van der Waals surface area contributed by atoms with Crippen LogP contribution in [0.5, 0.6) is 0 Å². The lowest BCUT2D eigenvalue weighted by molar-refractivity contribution is -0.138. The van der Waals surface area contributed by atoms with Crippen molar-refractivity contribution in [2.24, 2.45) is 0 Å². The first kappa shape index (κ1) is 24.0. The summed E-state index contributed by atoms with van der Waals surface area (Å²) < 4.78 is 31.8. The maximum absolute atomic E-state index is 12.7. The van der Waals surface area contributed by atoms with Crippen LogP contribution in [0.1, 0.15) is 23.2 Å². The summed E-state index contributed by atoms with van der Waals surface area (Å²) in [5.74, 6) is -0.391. The molecular formula is C23H28N4O6S. The van der Waals surface area contributed by atoms with E-state index < -0.39 is 10.0 Å². The highest BCUT2D eigenvalue weighted by molar-refractivity contribution is 7.89. The molecule has 0 N–H and O–H groups in total. The largest absolute Gasteiger partial charge is 0.472 e. The minimum Gasteiger partial charge on any atom is -0.472 e. The fraction of sp³-hybridized carbons (Fsp3) is 0.435. The van der Waals surface area contributed by atoms with Gasteiger partial charge in [-0.2, -0.15) is 4.31 Å². The van der Waals surface area contributed by atoms with E-state index in [1.165, 1.54) is 16.8 Å². The van der Waals surface area contributed by atoms with Crippen molar-refractivity contribution in [1.29, 1.82) is 0 Å². The first-order valence-electron chi connectivity index (χ1n) is 11.3. The fourth-order valence-electron chi connectivity index (χ4n) is 4.18. The third-order valence-corrected chi connectivity index (χ3v) is 8.13. The van der Waals surface area contributed by atoms with Crippen LogP contribution in [-0.2, 0) is 19.6 Å². The molecule has 3 amide bonds. The molecule has 0 atom stereocenters. The lowest BCUT2D eigenvalue weighted by Crippen LogP contribution is -2.51. The Labute approximate surface area is 198 Å². The van der Waals surface area contributed by atoms with Crippen LogP contribution in [0, 0.1) is 0 Å². The molecule has 11 heteroatoms. The van der Waals surface area contributed by atoms with E-state index in [0.29, 0.717) is 44.8 Å². The van der Waals surface area contributed by atoms with Crippen molar-refractivity contribution in [2.75, 3.05) is 52.4 Å². The third kappa shape index (κ3) is 5.31. The molecule has 4 rings (SSSR count). The summed E-state index contributed by atoms with van der Waals surface area (Å²) in [5.41, 5.74) is 0.488. The Bertz CT molecular complexity index is 1100. The first-order chi connectivity index (χ1) is 16.4. The zero-order chi connectivity index (χ0) is 24.1. The molecule has 1 aromatic carbocycles. The Morgan fingerprint density at radius 2 is 1.26 bits per heavy atom. The van der Waals surface area contributed by atoms with E-state index >= 15 is 0 Å². The molecule has 2 fully saturated rings. The molecule has 0 unspecified atom stereocenters. The second-order valence-corrected chi connectivity index (χ2v) is 10.2. The molecule has 0 spiro atoms. The maximum atomic E-state index is 12.7. The van der Waals surface area contributed by atoms with E-state index in [-0.39, 0.29) is 48.5 Å². The molecule has 0 bridgehead atoms. The van der Waals surface area contributed by atoms with E-state index in [1.54, 1.807) is 51.1 Å². The SMILES string of the molecule is O=C(CCC(=O)N1CCN(S(=O)(=O)c2ccccc2)CC1)N1CCN(C(=O)c2ccoc2)CC1. The molecule has 3 heterocycles. The fourth-order valence-corrected chi connectivity index (χ4v) is 5.62. The molecule has 10 nitrogen and oxygen atoms in total. The average molecular weight is 489 g/mol. The van der Waals surface area contributed by atoms with Crippen LogP contribution in [0.2, 0.25) is 0 Å². The Hall–Kier alpha value is -3.18. The number of benzene rings is 1. The Kier molecular flexibility index (Phi) is 7.32. The number of sulfonamides is 1. The number of piperazine rings is 2. The van der Waals surface area contributed by atoms with E-state index in [9.17, 15) is 22.8 Å². The molecule has 2 saturated heterocycles. The van der Waals surface area contributed by atoms with Crippen LogP contribution >= 0.6 is 0 Å². The predicted octanol–water partition coefficient (Wildman–Crippen LogP) is 0.877. The van der Waals surface area contributed by atoms with Crippen LogP contribution in [0.3, 0.4) is 0 Å². The highest BCUT2D eigenvalue weighted by Crippen LogP contribution is 2.18. The van der Waals surface area contributed by atoms with Crippen molar-refractivity contribution in [2.45, 2.75) is 17.7 Å². The zero-order valence-electron chi connectivity index (χ0n) is 18.8. The van der Waals surface area contributed by atoms with Crippen LogP contribution in [-0.4, -0.2) is 97.5 Å². The number of carbonyl (C=O) groups is 3. The summed E-state index contributed by atoms with van der Waals surface area (Å²) in [6, 6.07) is 9.86. The van der Waals surface area contributed by atoms with Gasteiger partial charge in [-0.3, -0.25) is 14.4 Å². The topological polar surface area (TPSA) is 111 Å². The van der Waals surface area contributed by atoms with Gasteiger partial charge >= 0.3 is 0 Å². The molecule has 2 aliphatic rings. The van der Waals surface area contributed by atoms with Crippen molar-refractivity contribution in [3.8, 4) is 0 Å². The van der Waals surface area contributed by atoms with Gasteiger partial charge in [0, 0.05) is 65.2 Å². The highest BCUT2D eigenvalue weighted by atomic mass is 32.2. The molecule has 2 aromatic rings. The Balaban J connectivity index is 1.20. The zero-order valence-corrected chi connectivity index (χ0v) is 19.7. The van der Waals surface area contributed by atoms with Crippen molar-refractivity contribution >= 4 is 27.7 Å².